The van der Waals surface area contributed by atoms with Crippen molar-refractivity contribution in [3.8, 4) is 5.75 Å². The molecular weight excluding hydrogens is 216 g/mol. The van der Waals surface area contributed by atoms with Crippen molar-refractivity contribution in [2.24, 2.45) is 7.05 Å². The van der Waals surface area contributed by atoms with Gasteiger partial charge in [-0.2, -0.15) is 5.10 Å². The number of hydrogen-bond donors (Lipinski definition) is 0. The van der Waals surface area contributed by atoms with Crippen molar-refractivity contribution in [3.05, 3.63) is 47.3 Å². The van der Waals surface area contributed by atoms with Crippen LogP contribution in [0.4, 0.5) is 0 Å². The van der Waals surface area contributed by atoms with Gasteiger partial charge in [0.2, 0.25) is 5.78 Å². The zero-order valence-corrected chi connectivity index (χ0v) is 10.1. The molecule has 2 aromatic rings. The summed E-state index contributed by atoms with van der Waals surface area (Å²) in [7, 11) is 3.26. The number of aryl methyl sites for hydroxylation is 2. The van der Waals surface area contributed by atoms with Crippen LogP contribution in [0.25, 0.3) is 0 Å². The first-order chi connectivity index (χ1) is 8.13. The van der Waals surface area contributed by atoms with E-state index in [0.717, 1.165) is 5.56 Å². The van der Waals surface area contributed by atoms with Crippen molar-refractivity contribution in [3.63, 3.8) is 0 Å². The molecule has 1 aromatic carbocycles. The van der Waals surface area contributed by atoms with E-state index in [9.17, 15) is 4.79 Å². The standard InChI is InChI=1S/C13H14N2O2/c1-9-4-6-10(7-5-9)13(16)12-11(17-3)8-14-15(12)2/h4-8H,1-3H3. The molecule has 1 heterocycles. The van der Waals surface area contributed by atoms with Crippen molar-refractivity contribution in [2.75, 3.05) is 7.11 Å². The first-order valence-electron chi connectivity index (χ1n) is 5.31. The molecule has 0 atom stereocenters. The van der Waals surface area contributed by atoms with Crippen LogP contribution in [0.15, 0.2) is 30.5 Å². The van der Waals surface area contributed by atoms with Crippen LogP contribution >= 0.6 is 0 Å². The third-order valence-corrected chi connectivity index (χ3v) is 2.65. The third-order valence-electron chi connectivity index (χ3n) is 2.65. The van der Waals surface area contributed by atoms with Gasteiger partial charge in [0.1, 0.15) is 0 Å². The minimum Gasteiger partial charge on any atom is -0.493 e. The number of carbonyl (C=O) groups excluding carboxylic acids is 1. The van der Waals surface area contributed by atoms with Gasteiger partial charge in [-0.15, -0.1) is 0 Å². The highest BCUT2D eigenvalue weighted by atomic mass is 16.5. The fourth-order valence-electron chi connectivity index (χ4n) is 1.67. The average Bonchev–Trinajstić information content (AvgIpc) is 2.70. The molecule has 0 spiro atoms. The van der Waals surface area contributed by atoms with Gasteiger partial charge in [-0.3, -0.25) is 9.48 Å². The Morgan fingerprint density at radius 2 is 1.94 bits per heavy atom. The van der Waals surface area contributed by atoms with E-state index in [-0.39, 0.29) is 5.78 Å². The van der Waals surface area contributed by atoms with E-state index in [1.54, 1.807) is 13.2 Å². The Balaban J connectivity index is 2.43. The van der Waals surface area contributed by atoms with Crippen LogP contribution in [0.2, 0.25) is 0 Å². The van der Waals surface area contributed by atoms with Crippen molar-refractivity contribution in [1.29, 1.82) is 0 Å². The van der Waals surface area contributed by atoms with Crippen molar-refractivity contribution in [1.82, 2.24) is 9.78 Å². The molecular formula is C13H14N2O2. The van der Waals surface area contributed by atoms with Crippen LogP contribution in [-0.2, 0) is 7.05 Å². The number of ketones is 1. The van der Waals surface area contributed by atoms with E-state index in [0.29, 0.717) is 17.0 Å². The van der Waals surface area contributed by atoms with Gasteiger partial charge < -0.3 is 4.74 Å². The second kappa shape index (κ2) is 4.41. The summed E-state index contributed by atoms with van der Waals surface area (Å²) in [6.45, 7) is 1.99. The van der Waals surface area contributed by atoms with Crippen molar-refractivity contribution < 1.29 is 9.53 Å². The summed E-state index contributed by atoms with van der Waals surface area (Å²) in [4.78, 5) is 12.3. The highest BCUT2D eigenvalue weighted by molar-refractivity contribution is 6.09. The van der Waals surface area contributed by atoms with Crippen LogP contribution in [0.3, 0.4) is 0 Å². The number of methoxy groups -OCH3 is 1. The summed E-state index contributed by atoms with van der Waals surface area (Å²) in [5, 5.41) is 4.02. The number of rotatable bonds is 3. The highest BCUT2D eigenvalue weighted by Crippen LogP contribution is 2.20. The Kier molecular flexibility index (Phi) is 2.95. The summed E-state index contributed by atoms with van der Waals surface area (Å²) in [5.74, 6) is 0.417. The monoisotopic (exact) mass is 230 g/mol. The Morgan fingerprint density at radius 3 is 2.53 bits per heavy atom. The zero-order valence-electron chi connectivity index (χ0n) is 10.1. The molecule has 88 valence electrons. The summed E-state index contributed by atoms with van der Waals surface area (Å²) < 4.78 is 6.66. The minimum absolute atomic E-state index is 0.0816. The minimum atomic E-state index is -0.0816. The molecule has 0 saturated heterocycles. The van der Waals surface area contributed by atoms with Crippen molar-refractivity contribution >= 4 is 5.78 Å². The molecule has 0 amide bonds. The molecule has 4 heteroatoms. The summed E-state index contributed by atoms with van der Waals surface area (Å²) >= 11 is 0. The number of nitrogens with zero attached hydrogens (tertiary/aromatic N) is 2. The summed E-state index contributed by atoms with van der Waals surface area (Å²) in [5.41, 5.74) is 2.23. The molecule has 0 aliphatic rings. The molecule has 17 heavy (non-hydrogen) atoms. The number of carbonyl (C=O) groups is 1. The number of hydrogen-bond acceptors (Lipinski definition) is 3. The van der Waals surface area contributed by atoms with E-state index in [1.165, 1.54) is 11.8 Å². The van der Waals surface area contributed by atoms with Gasteiger partial charge in [0.05, 0.1) is 13.3 Å². The first-order valence-corrected chi connectivity index (χ1v) is 5.31. The van der Waals surface area contributed by atoms with Crippen LogP contribution in [-0.4, -0.2) is 22.7 Å². The van der Waals surface area contributed by atoms with Gasteiger partial charge in [0.25, 0.3) is 0 Å². The number of benzene rings is 1. The molecule has 0 aliphatic heterocycles. The molecule has 0 N–H and O–H groups in total. The lowest BCUT2D eigenvalue weighted by Gasteiger charge is -2.04. The van der Waals surface area contributed by atoms with Crippen LogP contribution in [0, 0.1) is 6.92 Å². The largest absolute Gasteiger partial charge is 0.493 e. The average molecular weight is 230 g/mol. The first kappa shape index (κ1) is 11.4. The van der Waals surface area contributed by atoms with Gasteiger partial charge in [-0.05, 0) is 6.92 Å². The second-order valence-corrected chi connectivity index (χ2v) is 3.88. The maximum Gasteiger partial charge on any atom is 0.214 e. The molecule has 0 fully saturated rings. The quantitative estimate of drug-likeness (QED) is 0.757. The van der Waals surface area contributed by atoms with Gasteiger partial charge >= 0.3 is 0 Å². The maximum atomic E-state index is 12.3. The van der Waals surface area contributed by atoms with E-state index in [1.807, 2.05) is 31.2 Å². The molecule has 0 radical (unpaired) electrons. The van der Waals surface area contributed by atoms with Gasteiger partial charge in [-0.1, -0.05) is 29.8 Å². The number of ether oxygens (including phenoxy) is 1. The fraction of sp³-hybridized carbons (Fsp3) is 0.231. The molecule has 1 aromatic heterocycles. The Hall–Kier alpha value is -2.10. The molecule has 2 rings (SSSR count). The predicted octanol–water partition coefficient (Wildman–Crippen LogP) is 1.97. The lowest BCUT2D eigenvalue weighted by molar-refractivity contribution is 0.102. The molecule has 4 nitrogen and oxygen atoms in total. The lowest BCUT2D eigenvalue weighted by Crippen LogP contribution is -2.09. The van der Waals surface area contributed by atoms with Gasteiger partial charge in [0, 0.05) is 12.6 Å². The fourth-order valence-corrected chi connectivity index (χ4v) is 1.67. The van der Waals surface area contributed by atoms with Gasteiger partial charge in [0.15, 0.2) is 11.4 Å². The highest BCUT2D eigenvalue weighted by Gasteiger charge is 2.18. The van der Waals surface area contributed by atoms with E-state index in [4.69, 9.17) is 4.74 Å². The van der Waals surface area contributed by atoms with Crippen LogP contribution in [0.5, 0.6) is 5.75 Å². The smallest absolute Gasteiger partial charge is 0.214 e. The zero-order chi connectivity index (χ0) is 12.4. The van der Waals surface area contributed by atoms with Crippen LogP contribution < -0.4 is 4.74 Å². The molecule has 0 aliphatic carbocycles. The summed E-state index contributed by atoms with van der Waals surface area (Å²) in [6, 6.07) is 7.44. The Bertz CT molecular complexity index is 541. The third kappa shape index (κ3) is 2.06. The SMILES string of the molecule is COc1cnn(C)c1C(=O)c1ccc(C)cc1. The summed E-state index contributed by atoms with van der Waals surface area (Å²) in [6.07, 6.45) is 1.54. The van der Waals surface area contributed by atoms with Crippen molar-refractivity contribution in [2.45, 2.75) is 6.92 Å². The molecule has 0 unspecified atom stereocenters. The normalized spacial score (nSPS) is 10.3. The topological polar surface area (TPSA) is 44.1 Å². The Labute approximate surface area is 99.8 Å². The van der Waals surface area contributed by atoms with Gasteiger partial charge in [-0.25, -0.2) is 0 Å². The van der Waals surface area contributed by atoms with E-state index < -0.39 is 0 Å². The lowest BCUT2D eigenvalue weighted by atomic mass is 10.1. The number of aromatic nitrogens is 2. The van der Waals surface area contributed by atoms with E-state index >= 15 is 0 Å². The van der Waals surface area contributed by atoms with Crippen LogP contribution in [0.1, 0.15) is 21.6 Å². The Morgan fingerprint density at radius 1 is 1.29 bits per heavy atom. The second-order valence-electron chi connectivity index (χ2n) is 3.88. The predicted molar refractivity (Wildman–Crippen MR) is 64.4 cm³/mol. The van der Waals surface area contributed by atoms with E-state index in [2.05, 4.69) is 5.10 Å². The molecule has 0 bridgehead atoms. The molecule has 0 saturated carbocycles. The maximum absolute atomic E-state index is 12.3.